The molecule has 0 spiro atoms. The van der Waals surface area contributed by atoms with E-state index in [0.29, 0.717) is 22.8 Å². The zero-order valence-electron chi connectivity index (χ0n) is 10.7. The van der Waals surface area contributed by atoms with Gasteiger partial charge in [0.1, 0.15) is 29.8 Å². The van der Waals surface area contributed by atoms with Crippen LogP contribution in [-0.2, 0) is 9.53 Å². The van der Waals surface area contributed by atoms with Gasteiger partial charge in [-0.3, -0.25) is 9.30 Å². The zero-order chi connectivity index (χ0) is 15.0. The minimum Gasteiger partial charge on any atom is -0.465 e. The molecule has 3 rings (SSSR count). The molecule has 8 nitrogen and oxygen atoms in total. The second kappa shape index (κ2) is 5.30. The number of fused-ring (bicyclic) bond motifs is 1. The largest absolute Gasteiger partial charge is 0.465 e. The number of imidazole rings is 1. The summed E-state index contributed by atoms with van der Waals surface area (Å²) in [6.45, 7) is 0.0198. The highest BCUT2D eigenvalue weighted by molar-refractivity contribution is 6.32. The van der Waals surface area contributed by atoms with E-state index in [-0.39, 0.29) is 13.2 Å². The maximum atomic E-state index is 11.2. The molecule has 1 N–H and O–H groups in total. The molecular formula is C12H11ClN4O4. The zero-order valence-corrected chi connectivity index (χ0v) is 11.5. The topological polar surface area (TPSA) is 97.0 Å². The van der Waals surface area contributed by atoms with E-state index >= 15 is 0 Å². The van der Waals surface area contributed by atoms with Crippen LogP contribution in [0.1, 0.15) is 11.9 Å². The van der Waals surface area contributed by atoms with Crippen LogP contribution in [0.3, 0.4) is 0 Å². The molecule has 0 saturated carbocycles. The van der Waals surface area contributed by atoms with E-state index in [2.05, 4.69) is 9.97 Å². The quantitative estimate of drug-likeness (QED) is 0.831. The van der Waals surface area contributed by atoms with E-state index in [1.165, 1.54) is 6.20 Å². The minimum absolute atomic E-state index is 0.00576. The smallest absolute Gasteiger partial charge is 0.408 e. The number of carbonyl (C=O) groups is 2. The molecule has 2 unspecified atom stereocenters. The molecule has 1 fully saturated rings. The van der Waals surface area contributed by atoms with E-state index in [9.17, 15) is 9.59 Å². The number of rotatable bonds is 2. The molecule has 1 aliphatic heterocycles. The highest BCUT2D eigenvalue weighted by Gasteiger charge is 2.34. The van der Waals surface area contributed by atoms with E-state index in [0.717, 1.165) is 4.90 Å². The number of hydrogen-bond acceptors (Lipinski definition) is 5. The molecule has 0 bridgehead atoms. The highest BCUT2D eigenvalue weighted by Crippen LogP contribution is 2.26. The molecule has 9 heteroatoms. The first kappa shape index (κ1) is 13.8. The van der Waals surface area contributed by atoms with Gasteiger partial charge in [0.25, 0.3) is 0 Å². The number of carbonyl (C=O) groups excluding carboxylic acids is 1. The first-order valence-electron chi connectivity index (χ1n) is 6.15. The summed E-state index contributed by atoms with van der Waals surface area (Å²) in [5.41, 5.74) is 0.608. The summed E-state index contributed by atoms with van der Waals surface area (Å²) in [4.78, 5) is 31.3. The number of aldehydes is 1. The van der Waals surface area contributed by atoms with Crippen molar-refractivity contribution < 1.29 is 19.4 Å². The number of carboxylic acid groups (broad SMARTS) is 1. The van der Waals surface area contributed by atoms with Crippen LogP contribution in [0.25, 0.3) is 5.52 Å². The Morgan fingerprint density at radius 2 is 2.33 bits per heavy atom. The van der Waals surface area contributed by atoms with Gasteiger partial charge in [-0.25, -0.2) is 14.8 Å². The van der Waals surface area contributed by atoms with Crippen molar-refractivity contribution in [3.05, 3.63) is 29.6 Å². The number of halogens is 1. The molecule has 0 aromatic carbocycles. The van der Waals surface area contributed by atoms with E-state index in [1.54, 1.807) is 16.8 Å². The van der Waals surface area contributed by atoms with Gasteiger partial charge < -0.3 is 14.6 Å². The van der Waals surface area contributed by atoms with Crippen molar-refractivity contribution in [2.45, 2.75) is 12.1 Å². The molecule has 110 valence electrons. The number of nitrogens with zero attached hydrogens (tertiary/aromatic N) is 4. The number of amides is 1. The fraction of sp³-hybridized carbons (Fsp3) is 0.333. The van der Waals surface area contributed by atoms with Crippen molar-refractivity contribution in [2.75, 3.05) is 13.2 Å². The van der Waals surface area contributed by atoms with Crippen molar-refractivity contribution in [2.24, 2.45) is 0 Å². The molecule has 1 aliphatic rings. The van der Waals surface area contributed by atoms with Gasteiger partial charge in [-0.05, 0) is 0 Å². The third-order valence-corrected chi connectivity index (χ3v) is 3.65. The van der Waals surface area contributed by atoms with Crippen LogP contribution in [0, 0.1) is 0 Å². The lowest BCUT2D eigenvalue weighted by Crippen LogP contribution is -2.50. The third kappa shape index (κ3) is 2.32. The van der Waals surface area contributed by atoms with Crippen LogP contribution in [0.4, 0.5) is 4.79 Å². The minimum atomic E-state index is -1.17. The summed E-state index contributed by atoms with van der Waals surface area (Å²) in [5.74, 6) is 0.518. The average Bonchev–Trinajstić information content (AvgIpc) is 2.92. The number of hydrogen-bond donors (Lipinski definition) is 1. The summed E-state index contributed by atoms with van der Waals surface area (Å²) in [7, 11) is 0. The Morgan fingerprint density at radius 3 is 3.05 bits per heavy atom. The van der Waals surface area contributed by atoms with Crippen molar-refractivity contribution in [3.8, 4) is 0 Å². The van der Waals surface area contributed by atoms with Crippen LogP contribution in [0.2, 0.25) is 5.15 Å². The molecule has 21 heavy (non-hydrogen) atoms. The average molecular weight is 311 g/mol. The second-order valence-electron chi connectivity index (χ2n) is 4.55. The molecule has 0 aliphatic carbocycles. The summed E-state index contributed by atoms with van der Waals surface area (Å²) in [6.07, 6.45) is 3.56. The molecule has 0 radical (unpaired) electrons. The van der Waals surface area contributed by atoms with Gasteiger partial charge in [-0.2, -0.15) is 0 Å². The molecular weight excluding hydrogens is 300 g/mol. The van der Waals surface area contributed by atoms with Gasteiger partial charge in [0, 0.05) is 12.4 Å². The van der Waals surface area contributed by atoms with Crippen LogP contribution in [0.15, 0.2) is 18.6 Å². The molecule has 1 amide bonds. The standard InChI is InChI=1S/C12H11ClN4O4/c13-10-8-3-15-11(16(8)2-1-14-10)9-4-17(12(19)20)7(5-18)6-21-9/h1-3,5,7,9H,4,6H2,(H,19,20). The van der Waals surface area contributed by atoms with Gasteiger partial charge >= 0.3 is 6.09 Å². The SMILES string of the molecule is O=CC1COC(c2ncc3c(Cl)nccn23)CN1C(=O)O. The predicted octanol–water partition coefficient (Wildman–Crippen LogP) is 1.00. The lowest BCUT2D eigenvalue weighted by atomic mass is 10.2. The van der Waals surface area contributed by atoms with Crippen LogP contribution in [0.5, 0.6) is 0 Å². The van der Waals surface area contributed by atoms with Crippen molar-refractivity contribution in [1.29, 1.82) is 0 Å². The lowest BCUT2D eigenvalue weighted by molar-refractivity contribution is -0.121. The molecule has 2 aromatic rings. The Morgan fingerprint density at radius 1 is 1.52 bits per heavy atom. The molecule has 3 heterocycles. The Balaban J connectivity index is 1.94. The van der Waals surface area contributed by atoms with Crippen LogP contribution >= 0.6 is 11.6 Å². The van der Waals surface area contributed by atoms with Gasteiger partial charge in [-0.15, -0.1) is 0 Å². The van der Waals surface area contributed by atoms with E-state index in [1.807, 2.05) is 0 Å². The van der Waals surface area contributed by atoms with Gasteiger partial charge in [0.2, 0.25) is 0 Å². The van der Waals surface area contributed by atoms with Crippen molar-refractivity contribution >= 4 is 29.5 Å². The van der Waals surface area contributed by atoms with E-state index < -0.39 is 18.2 Å². The number of aromatic nitrogens is 3. The Kier molecular flexibility index (Phi) is 3.48. The Bertz CT molecular complexity index is 704. The van der Waals surface area contributed by atoms with Crippen LogP contribution < -0.4 is 0 Å². The third-order valence-electron chi connectivity index (χ3n) is 3.36. The van der Waals surface area contributed by atoms with Crippen molar-refractivity contribution in [1.82, 2.24) is 19.3 Å². The highest BCUT2D eigenvalue weighted by atomic mass is 35.5. The fourth-order valence-electron chi connectivity index (χ4n) is 2.31. The summed E-state index contributed by atoms with van der Waals surface area (Å²) in [6, 6.07) is -0.796. The van der Waals surface area contributed by atoms with Gasteiger partial charge in [-0.1, -0.05) is 11.6 Å². The number of ether oxygens (including phenoxy) is 1. The summed E-state index contributed by atoms with van der Waals surface area (Å²) >= 11 is 5.97. The second-order valence-corrected chi connectivity index (χ2v) is 4.91. The summed E-state index contributed by atoms with van der Waals surface area (Å²) in [5, 5.41) is 9.46. The normalized spacial score (nSPS) is 22.4. The Labute approximate surface area is 123 Å². The first-order chi connectivity index (χ1) is 10.1. The Hall–Kier alpha value is -2.19. The monoisotopic (exact) mass is 310 g/mol. The summed E-state index contributed by atoms with van der Waals surface area (Å²) < 4.78 is 7.27. The lowest BCUT2D eigenvalue weighted by Gasteiger charge is -2.34. The molecule has 2 aromatic heterocycles. The maximum absolute atomic E-state index is 11.2. The van der Waals surface area contributed by atoms with Crippen LogP contribution in [-0.4, -0.2) is 55.9 Å². The maximum Gasteiger partial charge on any atom is 0.408 e. The molecule has 2 atom stereocenters. The molecule has 1 saturated heterocycles. The van der Waals surface area contributed by atoms with E-state index in [4.69, 9.17) is 21.4 Å². The number of morpholine rings is 1. The fourth-order valence-corrected chi connectivity index (χ4v) is 2.51. The van der Waals surface area contributed by atoms with Gasteiger partial charge in [0.05, 0.1) is 19.3 Å². The van der Waals surface area contributed by atoms with Crippen molar-refractivity contribution in [3.63, 3.8) is 0 Å². The van der Waals surface area contributed by atoms with Gasteiger partial charge in [0.15, 0.2) is 5.15 Å². The predicted molar refractivity (Wildman–Crippen MR) is 71.3 cm³/mol. The first-order valence-corrected chi connectivity index (χ1v) is 6.53.